The molecule has 0 aliphatic carbocycles. The van der Waals surface area contributed by atoms with E-state index in [1.165, 1.54) is 11.6 Å². The van der Waals surface area contributed by atoms with E-state index in [1.807, 2.05) is 48.5 Å². The summed E-state index contributed by atoms with van der Waals surface area (Å²) in [6.07, 6.45) is 0.971. The molecule has 0 fully saturated rings. The summed E-state index contributed by atoms with van der Waals surface area (Å²) in [7, 11) is 0. The van der Waals surface area contributed by atoms with Gasteiger partial charge in [0.1, 0.15) is 22.5 Å². The number of rotatable bonds is 3. The van der Waals surface area contributed by atoms with E-state index in [2.05, 4.69) is 19.1 Å². The summed E-state index contributed by atoms with van der Waals surface area (Å²) in [5, 5.41) is 10.6. The molecule has 3 nitrogen and oxygen atoms in total. The Kier molecular flexibility index (Phi) is 4.05. The zero-order valence-corrected chi connectivity index (χ0v) is 14.4. The minimum atomic E-state index is -0.254. The monoisotopic (exact) mass is 342 g/mol. The van der Waals surface area contributed by atoms with Crippen LogP contribution in [0.2, 0.25) is 0 Å². The van der Waals surface area contributed by atoms with Gasteiger partial charge in [0.25, 0.3) is 0 Å². The standard InChI is InChI=1S/C23H18O3/c1-2-15-8-10-16(11-9-15)18-12-19(24)23-20(25)14-21(26-22(23)13-18)17-6-4-3-5-7-17/h3-14,24H,2H2,1H3. The number of aryl methyl sites for hydroxylation is 1. The smallest absolute Gasteiger partial charge is 0.197 e. The average Bonchev–Trinajstić information content (AvgIpc) is 2.68. The van der Waals surface area contributed by atoms with Crippen LogP contribution in [0, 0.1) is 0 Å². The Morgan fingerprint density at radius 2 is 1.58 bits per heavy atom. The average molecular weight is 342 g/mol. The predicted octanol–water partition coefficient (Wildman–Crippen LogP) is 5.40. The van der Waals surface area contributed by atoms with Gasteiger partial charge in [0, 0.05) is 11.6 Å². The van der Waals surface area contributed by atoms with Crippen molar-refractivity contribution in [2.24, 2.45) is 0 Å². The van der Waals surface area contributed by atoms with E-state index in [0.717, 1.165) is 23.1 Å². The van der Waals surface area contributed by atoms with Gasteiger partial charge in [0.15, 0.2) is 5.43 Å². The summed E-state index contributed by atoms with van der Waals surface area (Å²) >= 11 is 0. The molecule has 128 valence electrons. The fourth-order valence-electron chi connectivity index (χ4n) is 3.11. The summed E-state index contributed by atoms with van der Waals surface area (Å²) in [6, 6.07) is 22.5. The fraction of sp³-hybridized carbons (Fsp3) is 0.0870. The summed E-state index contributed by atoms with van der Waals surface area (Å²) in [6.45, 7) is 2.11. The molecule has 0 saturated carbocycles. The lowest BCUT2D eigenvalue weighted by Gasteiger charge is -2.08. The molecule has 0 unspecified atom stereocenters. The second-order valence-electron chi connectivity index (χ2n) is 6.26. The Morgan fingerprint density at radius 1 is 0.846 bits per heavy atom. The van der Waals surface area contributed by atoms with Crippen molar-refractivity contribution in [3.63, 3.8) is 0 Å². The topological polar surface area (TPSA) is 50.4 Å². The van der Waals surface area contributed by atoms with Crippen molar-refractivity contribution in [3.05, 3.63) is 88.6 Å². The van der Waals surface area contributed by atoms with Crippen molar-refractivity contribution in [1.82, 2.24) is 0 Å². The van der Waals surface area contributed by atoms with Crippen molar-refractivity contribution < 1.29 is 9.52 Å². The summed E-state index contributed by atoms with van der Waals surface area (Å²) in [5.74, 6) is 0.423. The molecular formula is C23H18O3. The van der Waals surface area contributed by atoms with Crippen molar-refractivity contribution >= 4 is 11.0 Å². The second-order valence-corrected chi connectivity index (χ2v) is 6.26. The van der Waals surface area contributed by atoms with Crippen molar-refractivity contribution in [2.75, 3.05) is 0 Å². The van der Waals surface area contributed by atoms with Crippen LogP contribution in [-0.4, -0.2) is 5.11 Å². The number of benzene rings is 3. The lowest BCUT2D eigenvalue weighted by Crippen LogP contribution is -2.01. The van der Waals surface area contributed by atoms with E-state index in [0.29, 0.717) is 11.3 Å². The van der Waals surface area contributed by atoms with Crippen molar-refractivity contribution in [2.45, 2.75) is 13.3 Å². The molecule has 1 aromatic heterocycles. The first-order chi connectivity index (χ1) is 12.7. The maximum absolute atomic E-state index is 12.5. The maximum atomic E-state index is 12.5. The molecule has 4 rings (SSSR count). The number of aromatic hydroxyl groups is 1. The van der Waals surface area contributed by atoms with Crippen molar-refractivity contribution in [1.29, 1.82) is 0 Å². The van der Waals surface area contributed by atoms with Gasteiger partial charge in [-0.15, -0.1) is 0 Å². The Labute approximate surface area is 151 Å². The lowest BCUT2D eigenvalue weighted by atomic mass is 10.0. The van der Waals surface area contributed by atoms with Gasteiger partial charge in [-0.2, -0.15) is 0 Å². The summed E-state index contributed by atoms with van der Waals surface area (Å²) < 4.78 is 5.96. The number of phenols is 1. The summed E-state index contributed by atoms with van der Waals surface area (Å²) in [4.78, 5) is 12.5. The number of hydrogen-bond donors (Lipinski definition) is 1. The molecular weight excluding hydrogens is 324 g/mol. The van der Waals surface area contributed by atoms with Gasteiger partial charge in [-0.1, -0.05) is 61.5 Å². The second kappa shape index (κ2) is 6.52. The highest BCUT2D eigenvalue weighted by Gasteiger charge is 2.13. The van der Waals surface area contributed by atoms with E-state index in [1.54, 1.807) is 6.07 Å². The van der Waals surface area contributed by atoms with Gasteiger partial charge in [-0.3, -0.25) is 4.79 Å². The molecule has 0 radical (unpaired) electrons. The van der Waals surface area contributed by atoms with Crippen LogP contribution in [0.4, 0.5) is 0 Å². The first kappa shape index (κ1) is 16.2. The third kappa shape index (κ3) is 2.88. The SMILES string of the molecule is CCc1ccc(-c2cc(O)c3c(=O)cc(-c4ccccc4)oc3c2)cc1. The van der Waals surface area contributed by atoms with Crippen LogP contribution >= 0.6 is 0 Å². The van der Waals surface area contributed by atoms with Crippen LogP contribution in [-0.2, 0) is 6.42 Å². The first-order valence-corrected chi connectivity index (χ1v) is 8.61. The molecule has 0 spiro atoms. The minimum absolute atomic E-state index is 0.0644. The van der Waals surface area contributed by atoms with Crippen LogP contribution in [0.15, 0.2) is 82.0 Å². The van der Waals surface area contributed by atoms with E-state index in [4.69, 9.17) is 4.42 Å². The van der Waals surface area contributed by atoms with E-state index < -0.39 is 0 Å². The van der Waals surface area contributed by atoms with Crippen LogP contribution in [0.5, 0.6) is 5.75 Å². The maximum Gasteiger partial charge on any atom is 0.197 e. The van der Waals surface area contributed by atoms with Gasteiger partial charge < -0.3 is 9.52 Å². The van der Waals surface area contributed by atoms with Crippen LogP contribution in [0.3, 0.4) is 0 Å². The Morgan fingerprint density at radius 3 is 2.27 bits per heavy atom. The molecule has 3 aromatic carbocycles. The number of phenolic OH excluding ortho intramolecular Hbond substituents is 1. The molecule has 0 atom stereocenters. The quantitative estimate of drug-likeness (QED) is 0.543. The number of hydrogen-bond acceptors (Lipinski definition) is 3. The Bertz CT molecular complexity index is 1120. The van der Waals surface area contributed by atoms with Crippen molar-refractivity contribution in [3.8, 4) is 28.2 Å². The van der Waals surface area contributed by atoms with Crippen LogP contribution in [0.25, 0.3) is 33.4 Å². The Balaban J connectivity index is 1.90. The molecule has 0 amide bonds. The van der Waals surface area contributed by atoms with E-state index in [-0.39, 0.29) is 16.6 Å². The highest BCUT2D eigenvalue weighted by Crippen LogP contribution is 2.32. The van der Waals surface area contributed by atoms with Gasteiger partial charge in [0.2, 0.25) is 0 Å². The third-order valence-electron chi connectivity index (χ3n) is 4.56. The Hall–Kier alpha value is -3.33. The molecule has 26 heavy (non-hydrogen) atoms. The van der Waals surface area contributed by atoms with Gasteiger partial charge in [-0.05, 0) is 35.2 Å². The molecule has 3 heteroatoms. The minimum Gasteiger partial charge on any atom is -0.507 e. The zero-order valence-electron chi connectivity index (χ0n) is 14.4. The van der Waals surface area contributed by atoms with Gasteiger partial charge in [0.05, 0.1) is 0 Å². The van der Waals surface area contributed by atoms with Gasteiger partial charge in [-0.25, -0.2) is 0 Å². The predicted molar refractivity (Wildman–Crippen MR) is 104 cm³/mol. The number of fused-ring (bicyclic) bond motifs is 1. The molecule has 0 aliphatic heterocycles. The molecule has 0 aliphatic rings. The first-order valence-electron chi connectivity index (χ1n) is 8.61. The normalized spacial score (nSPS) is 11.0. The highest BCUT2D eigenvalue weighted by molar-refractivity contribution is 5.89. The van der Waals surface area contributed by atoms with E-state index in [9.17, 15) is 9.90 Å². The van der Waals surface area contributed by atoms with Crippen LogP contribution < -0.4 is 5.43 Å². The highest BCUT2D eigenvalue weighted by atomic mass is 16.3. The third-order valence-corrected chi connectivity index (χ3v) is 4.56. The largest absolute Gasteiger partial charge is 0.507 e. The van der Waals surface area contributed by atoms with Crippen LogP contribution in [0.1, 0.15) is 12.5 Å². The molecule has 1 heterocycles. The molecule has 0 saturated heterocycles. The molecule has 0 bridgehead atoms. The van der Waals surface area contributed by atoms with Gasteiger partial charge >= 0.3 is 0 Å². The molecule has 4 aromatic rings. The molecule has 1 N–H and O–H groups in total. The van der Waals surface area contributed by atoms with E-state index >= 15 is 0 Å². The zero-order chi connectivity index (χ0) is 18.1. The summed E-state index contributed by atoms with van der Waals surface area (Å²) in [5.41, 5.74) is 3.97. The fourth-order valence-corrected chi connectivity index (χ4v) is 3.11. The lowest BCUT2D eigenvalue weighted by molar-refractivity contribution is 0.480.